The first-order valence-corrected chi connectivity index (χ1v) is 8.19. The largest absolute Gasteiger partial charge is 0.495 e. The molecule has 0 N–H and O–H groups in total. The zero-order chi connectivity index (χ0) is 17.1. The number of hydrogen-bond acceptors (Lipinski definition) is 6. The van der Waals surface area contributed by atoms with Crippen molar-refractivity contribution in [1.29, 1.82) is 0 Å². The van der Waals surface area contributed by atoms with Gasteiger partial charge in [-0.05, 0) is 48.3 Å². The SMILES string of the molecule is COc1ccc(-c2csnc2-c2cc(C)c(OC)c(OC)c2)nc1. The van der Waals surface area contributed by atoms with E-state index in [2.05, 4.69) is 9.36 Å². The van der Waals surface area contributed by atoms with Gasteiger partial charge < -0.3 is 14.2 Å². The first-order valence-electron chi connectivity index (χ1n) is 7.35. The van der Waals surface area contributed by atoms with E-state index >= 15 is 0 Å². The van der Waals surface area contributed by atoms with Crippen LogP contribution >= 0.6 is 11.5 Å². The molecule has 6 heteroatoms. The highest BCUT2D eigenvalue weighted by atomic mass is 32.1. The van der Waals surface area contributed by atoms with Gasteiger partial charge in [-0.3, -0.25) is 4.98 Å². The molecular weight excluding hydrogens is 324 g/mol. The zero-order valence-corrected chi connectivity index (χ0v) is 14.8. The summed E-state index contributed by atoms with van der Waals surface area (Å²) in [4.78, 5) is 4.46. The molecule has 0 amide bonds. The van der Waals surface area contributed by atoms with Crippen molar-refractivity contribution in [2.75, 3.05) is 21.3 Å². The zero-order valence-electron chi connectivity index (χ0n) is 14.0. The van der Waals surface area contributed by atoms with Gasteiger partial charge in [0.2, 0.25) is 0 Å². The van der Waals surface area contributed by atoms with Crippen molar-refractivity contribution in [1.82, 2.24) is 9.36 Å². The molecule has 0 atom stereocenters. The lowest BCUT2D eigenvalue weighted by atomic mass is 10.0. The summed E-state index contributed by atoms with van der Waals surface area (Å²) in [5.74, 6) is 2.15. The Hall–Kier alpha value is -2.60. The van der Waals surface area contributed by atoms with Crippen molar-refractivity contribution in [3.63, 3.8) is 0 Å². The van der Waals surface area contributed by atoms with Crippen LogP contribution in [0.25, 0.3) is 22.5 Å². The van der Waals surface area contributed by atoms with Crippen LogP contribution in [0.2, 0.25) is 0 Å². The van der Waals surface area contributed by atoms with Gasteiger partial charge in [0.15, 0.2) is 11.5 Å². The molecule has 0 saturated heterocycles. The molecule has 0 saturated carbocycles. The molecule has 3 aromatic rings. The average Bonchev–Trinajstić information content (AvgIpc) is 3.10. The third kappa shape index (κ3) is 2.92. The number of nitrogens with zero attached hydrogens (tertiary/aromatic N) is 2. The van der Waals surface area contributed by atoms with E-state index < -0.39 is 0 Å². The summed E-state index contributed by atoms with van der Waals surface area (Å²) in [7, 11) is 4.90. The fourth-order valence-corrected chi connectivity index (χ4v) is 3.28. The molecule has 0 spiro atoms. The van der Waals surface area contributed by atoms with E-state index in [0.717, 1.165) is 39.6 Å². The Morgan fingerprint density at radius 2 is 1.83 bits per heavy atom. The fourth-order valence-electron chi connectivity index (χ4n) is 2.58. The molecule has 0 aliphatic rings. The molecule has 0 radical (unpaired) electrons. The highest BCUT2D eigenvalue weighted by molar-refractivity contribution is 7.04. The number of rotatable bonds is 5. The van der Waals surface area contributed by atoms with Crippen LogP contribution in [0.5, 0.6) is 17.2 Å². The van der Waals surface area contributed by atoms with E-state index in [9.17, 15) is 0 Å². The van der Waals surface area contributed by atoms with E-state index in [-0.39, 0.29) is 0 Å². The monoisotopic (exact) mass is 342 g/mol. The number of aromatic nitrogens is 2. The predicted molar refractivity (Wildman–Crippen MR) is 95.2 cm³/mol. The van der Waals surface area contributed by atoms with Crippen molar-refractivity contribution in [3.8, 4) is 39.8 Å². The number of hydrogen-bond donors (Lipinski definition) is 0. The van der Waals surface area contributed by atoms with Crippen LogP contribution < -0.4 is 14.2 Å². The Balaban J connectivity index is 2.08. The summed E-state index contributed by atoms with van der Waals surface area (Å²) < 4.78 is 20.6. The van der Waals surface area contributed by atoms with Crippen LogP contribution in [0.15, 0.2) is 35.8 Å². The first kappa shape index (κ1) is 16.3. The second-order valence-corrected chi connectivity index (χ2v) is 5.82. The van der Waals surface area contributed by atoms with Crippen LogP contribution in [0.3, 0.4) is 0 Å². The third-order valence-corrected chi connectivity index (χ3v) is 4.38. The molecule has 0 bridgehead atoms. The molecule has 2 aromatic heterocycles. The highest BCUT2D eigenvalue weighted by Gasteiger charge is 2.16. The molecule has 124 valence electrons. The second kappa shape index (κ2) is 6.88. The van der Waals surface area contributed by atoms with Gasteiger partial charge in [0.1, 0.15) is 5.75 Å². The van der Waals surface area contributed by atoms with E-state index in [1.54, 1.807) is 27.5 Å². The third-order valence-electron chi connectivity index (χ3n) is 3.76. The lowest BCUT2D eigenvalue weighted by molar-refractivity contribution is 0.353. The Labute approximate surface area is 145 Å². The standard InChI is InChI=1S/C18H18N2O3S/c1-11-7-12(8-16(22-3)18(11)23-4)17-14(10-24-20-17)15-6-5-13(21-2)9-19-15/h5-10H,1-4H3. The molecule has 0 unspecified atom stereocenters. The lowest BCUT2D eigenvalue weighted by Gasteiger charge is -2.12. The molecule has 0 aliphatic heterocycles. The highest BCUT2D eigenvalue weighted by Crippen LogP contribution is 2.39. The second-order valence-electron chi connectivity index (χ2n) is 5.19. The summed E-state index contributed by atoms with van der Waals surface area (Å²) in [6, 6.07) is 7.81. The Bertz CT molecular complexity index is 844. The Kier molecular flexibility index (Phi) is 4.66. The van der Waals surface area contributed by atoms with Crippen molar-refractivity contribution < 1.29 is 14.2 Å². The average molecular weight is 342 g/mol. The Morgan fingerprint density at radius 1 is 1.00 bits per heavy atom. The van der Waals surface area contributed by atoms with Crippen LogP contribution in [0, 0.1) is 6.92 Å². The smallest absolute Gasteiger partial charge is 0.163 e. The maximum atomic E-state index is 5.45. The number of benzene rings is 1. The summed E-state index contributed by atoms with van der Waals surface area (Å²) in [5.41, 5.74) is 4.68. The molecule has 3 rings (SSSR count). The molecule has 1 aromatic carbocycles. The first-order chi connectivity index (χ1) is 11.7. The molecule has 0 aliphatic carbocycles. The molecule has 2 heterocycles. The summed E-state index contributed by atoms with van der Waals surface area (Å²) in [6.45, 7) is 1.99. The fraction of sp³-hybridized carbons (Fsp3) is 0.222. The predicted octanol–water partition coefficient (Wildman–Crippen LogP) is 4.21. The van der Waals surface area contributed by atoms with Crippen molar-refractivity contribution in [2.24, 2.45) is 0 Å². The van der Waals surface area contributed by atoms with Crippen molar-refractivity contribution >= 4 is 11.5 Å². The number of aryl methyl sites for hydroxylation is 1. The van der Waals surface area contributed by atoms with Crippen molar-refractivity contribution in [3.05, 3.63) is 41.4 Å². The van der Waals surface area contributed by atoms with E-state index in [4.69, 9.17) is 14.2 Å². The van der Waals surface area contributed by atoms with E-state index in [0.29, 0.717) is 5.75 Å². The maximum absolute atomic E-state index is 5.45. The molecule has 24 heavy (non-hydrogen) atoms. The Morgan fingerprint density at radius 3 is 2.46 bits per heavy atom. The minimum Gasteiger partial charge on any atom is -0.495 e. The van der Waals surface area contributed by atoms with Gasteiger partial charge in [-0.15, -0.1) is 0 Å². The minimum absolute atomic E-state index is 0.689. The van der Waals surface area contributed by atoms with Gasteiger partial charge in [-0.25, -0.2) is 0 Å². The van der Waals surface area contributed by atoms with Gasteiger partial charge in [0.05, 0.1) is 38.9 Å². The lowest BCUT2D eigenvalue weighted by Crippen LogP contribution is -1.95. The number of ether oxygens (including phenoxy) is 3. The maximum Gasteiger partial charge on any atom is 0.163 e. The summed E-state index contributed by atoms with van der Waals surface area (Å²) in [6.07, 6.45) is 1.70. The van der Waals surface area contributed by atoms with Crippen LogP contribution in [-0.2, 0) is 0 Å². The van der Waals surface area contributed by atoms with Gasteiger partial charge in [0, 0.05) is 16.5 Å². The van der Waals surface area contributed by atoms with Gasteiger partial charge in [-0.2, -0.15) is 4.37 Å². The number of pyridine rings is 1. The molecule has 5 nitrogen and oxygen atoms in total. The van der Waals surface area contributed by atoms with E-state index in [1.165, 1.54) is 11.5 Å². The molecular formula is C18H18N2O3S. The summed E-state index contributed by atoms with van der Waals surface area (Å²) in [5, 5.41) is 2.00. The van der Waals surface area contributed by atoms with Crippen molar-refractivity contribution in [2.45, 2.75) is 6.92 Å². The van der Waals surface area contributed by atoms with Gasteiger partial charge in [-0.1, -0.05) is 0 Å². The van der Waals surface area contributed by atoms with Crippen LogP contribution in [0.4, 0.5) is 0 Å². The number of methoxy groups -OCH3 is 3. The topological polar surface area (TPSA) is 53.5 Å². The minimum atomic E-state index is 0.689. The van der Waals surface area contributed by atoms with Gasteiger partial charge >= 0.3 is 0 Å². The van der Waals surface area contributed by atoms with E-state index in [1.807, 2.05) is 36.6 Å². The quantitative estimate of drug-likeness (QED) is 0.695. The van der Waals surface area contributed by atoms with Crippen LogP contribution in [-0.4, -0.2) is 30.7 Å². The summed E-state index contributed by atoms with van der Waals surface area (Å²) >= 11 is 1.40. The molecule has 0 fully saturated rings. The normalized spacial score (nSPS) is 10.5. The van der Waals surface area contributed by atoms with Crippen LogP contribution in [0.1, 0.15) is 5.56 Å². The van der Waals surface area contributed by atoms with Gasteiger partial charge in [0.25, 0.3) is 0 Å².